The van der Waals surface area contributed by atoms with E-state index < -0.39 is 32.2 Å². The smallest absolute Gasteiger partial charge is 0.177 e. The van der Waals surface area contributed by atoms with E-state index >= 15 is 0 Å². The zero-order chi connectivity index (χ0) is 9.46. The molecule has 1 aromatic rings. The van der Waals surface area contributed by atoms with Gasteiger partial charge in [-0.1, -0.05) is 0 Å². The first-order chi connectivity index (χ1) is 5.46. The summed E-state index contributed by atoms with van der Waals surface area (Å²) in [5, 5.41) is 0. The van der Waals surface area contributed by atoms with E-state index in [4.69, 9.17) is 0 Å². The maximum absolute atomic E-state index is 12.6. The van der Waals surface area contributed by atoms with E-state index in [9.17, 15) is 17.6 Å². The highest BCUT2D eigenvalue weighted by Crippen LogP contribution is 2.30. The van der Waals surface area contributed by atoms with Crippen LogP contribution < -0.4 is 0 Å². The summed E-state index contributed by atoms with van der Waals surface area (Å²) >= 11 is 4.73. The molecule has 66 valence electrons. The summed E-state index contributed by atoms with van der Waals surface area (Å²) in [6, 6.07) is 0. The van der Waals surface area contributed by atoms with Crippen LogP contribution in [0.15, 0.2) is 8.95 Å². The van der Waals surface area contributed by atoms with Crippen molar-refractivity contribution in [2.24, 2.45) is 0 Å². The molecule has 1 aromatic carbocycles. The van der Waals surface area contributed by atoms with Gasteiger partial charge in [0, 0.05) is 0 Å². The van der Waals surface area contributed by atoms with Gasteiger partial charge >= 0.3 is 0 Å². The molecule has 6 heteroatoms. The van der Waals surface area contributed by atoms with E-state index in [-0.39, 0.29) is 0 Å². The van der Waals surface area contributed by atoms with Gasteiger partial charge in [0.1, 0.15) is 0 Å². The lowest BCUT2D eigenvalue weighted by Gasteiger charge is -2.02. The van der Waals surface area contributed by atoms with Crippen LogP contribution in [-0.4, -0.2) is 0 Å². The Morgan fingerprint density at radius 1 is 0.583 bits per heavy atom. The van der Waals surface area contributed by atoms with Crippen molar-refractivity contribution in [3.63, 3.8) is 0 Å². The van der Waals surface area contributed by atoms with Crippen molar-refractivity contribution in [1.82, 2.24) is 0 Å². The van der Waals surface area contributed by atoms with Crippen LogP contribution in [0.2, 0.25) is 0 Å². The van der Waals surface area contributed by atoms with E-state index in [2.05, 4.69) is 31.9 Å². The highest BCUT2D eigenvalue weighted by molar-refractivity contribution is 9.11. The van der Waals surface area contributed by atoms with Gasteiger partial charge in [-0.05, 0) is 31.9 Å². The fourth-order valence-corrected chi connectivity index (χ4v) is 1.27. The zero-order valence-electron chi connectivity index (χ0n) is 5.27. The number of hydrogen-bond donors (Lipinski definition) is 0. The molecule has 0 heterocycles. The van der Waals surface area contributed by atoms with Crippen molar-refractivity contribution in [1.29, 1.82) is 0 Å². The number of hydrogen-bond acceptors (Lipinski definition) is 0. The second-order valence-electron chi connectivity index (χ2n) is 1.88. The summed E-state index contributed by atoms with van der Waals surface area (Å²) in [6.07, 6.45) is 0. The van der Waals surface area contributed by atoms with Crippen LogP contribution in [0.4, 0.5) is 17.6 Å². The molecule has 0 spiro atoms. The molecule has 0 saturated carbocycles. The number of rotatable bonds is 0. The summed E-state index contributed by atoms with van der Waals surface area (Å²) in [6.45, 7) is 0. The molecule has 0 unspecified atom stereocenters. The minimum Gasteiger partial charge on any atom is -0.202 e. The standard InChI is InChI=1S/C6Br2F4/c7-1-3(9)5(11)2(8)6(12)4(1)10. The van der Waals surface area contributed by atoms with Crippen molar-refractivity contribution in [3.8, 4) is 0 Å². The second kappa shape index (κ2) is 3.33. The Balaban J connectivity index is 3.60. The third kappa shape index (κ3) is 1.37. The summed E-state index contributed by atoms with van der Waals surface area (Å²) in [5.41, 5.74) is 0. The second-order valence-corrected chi connectivity index (χ2v) is 3.47. The lowest BCUT2D eigenvalue weighted by atomic mass is 10.3. The highest BCUT2D eigenvalue weighted by atomic mass is 79.9. The lowest BCUT2D eigenvalue weighted by Crippen LogP contribution is -1.97. The van der Waals surface area contributed by atoms with Crippen LogP contribution in [0.3, 0.4) is 0 Å². The van der Waals surface area contributed by atoms with Gasteiger partial charge in [-0.3, -0.25) is 0 Å². The van der Waals surface area contributed by atoms with Gasteiger partial charge in [0.15, 0.2) is 23.3 Å². The van der Waals surface area contributed by atoms with E-state index in [1.54, 1.807) is 0 Å². The molecule has 0 aliphatic heterocycles. The number of halogens is 6. The van der Waals surface area contributed by atoms with Crippen LogP contribution >= 0.6 is 31.9 Å². The van der Waals surface area contributed by atoms with Gasteiger partial charge in [-0.15, -0.1) is 0 Å². The molecule has 0 amide bonds. The van der Waals surface area contributed by atoms with E-state index in [0.717, 1.165) is 0 Å². The average Bonchev–Trinajstić information content (AvgIpc) is 2.08. The highest BCUT2D eigenvalue weighted by Gasteiger charge is 2.21. The molecule has 0 aliphatic rings. The van der Waals surface area contributed by atoms with Gasteiger partial charge in [0.25, 0.3) is 0 Å². The van der Waals surface area contributed by atoms with Gasteiger partial charge in [-0.2, -0.15) is 0 Å². The average molecular weight is 308 g/mol. The fraction of sp³-hybridized carbons (Fsp3) is 0. The van der Waals surface area contributed by atoms with Crippen LogP contribution in [0, 0.1) is 23.3 Å². The topological polar surface area (TPSA) is 0 Å². The van der Waals surface area contributed by atoms with Crippen LogP contribution in [-0.2, 0) is 0 Å². The lowest BCUT2D eigenvalue weighted by molar-refractivity contribution is 0.439. The third-order valence-electron chi connectivity index (χ3n) is 1.16. The molecular weight excluding hydrogens is 308 g/mol. The molecule has 0 aliphatic carbocycles. The maximum Gasteiger partial charge on any atom is 0.177 e. The van der Waals surface area contributed by atoms with E-state index in [1.807, 2.05) is 0 Å². The molecule has 0 aromatic heterocycles. The zero-order valence-corrected chi connectivity index (χ0v) is 8.44. The largest absolute Gasteiger partial charge is 0.202 e. The Kier molecular flexibility index (Phi) is 2.77. The minimum absolute atomic E-state index is 0.847. The van der Waals surface area contributed by atoms with E-state index in [0.29, 0.717) is 0 Å². The van der Waals surface area contributed by atoms with Gasteiger partial charge in [0.2, 0.25) is 0 Å². The van der Waals surface area contributed by atoms with Crippen LogP contribution in [0.1, 0.15) is 0 Å². The van der Waals surface area contributed by atoms with Crippen molar-refractivity contribution in [2.75, 3.05) is 0 Å². The Labute approximate surface area is 81.8 Å². The summed E-state index contributed by atoms with van der Waals surface area (Å²) in [5.74, 6) is -5.83. The molecule has 1 rings (SSSR count). The van der Waals surface area contributed by atoms with Crippen molar-refractivity contribution < 1.29 is 17.6 Å². The first kappa shape index (κ1) is 9.98. The monoisotopic (exact) mass is 306 g/mol. The number of benzene rings is 1. The van der Waals surface area contributed by atoms with E-state index in [1.165, 1.54) is 0 Å². The first-order valence-electron chi connectivity index (χ1n) is 2.63. The van der Waals surface area contributed by atoms with Crippen molar-refractivity contribution >= 4 is 31.9 Å². The normalized spacial score (nSPS) is 10.5. The molecule has 0 atom stereocenters. The molecule has 0 bridgehead atoms. The van der Waals surface area contributed by atoms with Gasteiger partial charge < -0.3 is 0 Å². The quantitative estimate of drug-likeness (QED) is 0.389. The molecule has 0 N–H and O–H groups in total. The molecule has 0 radical (unpaired) electrons. The Morgan fingerprint density at radius 2 is 0.750 bits per heavy atom. The summed E-state index contributed by atoms with van der Waals surface area (Å²) < 4.78 is 48.6. The molecule has 12 heavy (non-hydrogen) atoms. The van der Waals surface area contributed by atoms with Crippen LogP contribution in [0.25, 0.3) is 0 Å². The van der Waals surface area contributed by atoms with Crippen LogP contribution in [0.5, 0.6) is 0 Å². The SMILES string of the molecule is Fc1c(F)c(Br)c(F)c(F)c1Br. The Bertz CT molecular complexity index is 232. The molecule has 0 saturated heterocycles. The first-order valence-corrected chi connectivity index (χ1v) is 4.22. The third-order valence-corrected chi connectivity index (χ3v) is 2.55. The predicted molar refractivity (Wildman–Crippen MR) is 41.7 cm³/mol. The summed E-state index contributed by atoms with van der Waals surface area (Å²) in [4.78, 5) is 0. The Hall–Kier alpha value is -0.100. The Morgan fingerprint density at radius 3 is 0.917 bits per heavy atom. The maximum atomic E-state index is 12.6. The van der Waals surface area contributed by atoms with Crippen molar-refractivity contribution in [2.45, 2.75) is 0 Å². The van der Waals surface area contributed by atoms with Gasteiger partial charge in [0.05, 0.1) is 8.95 Å². The summed E-state index contributed by atoms with van der Waals surface area (Å²) in [7, 11) is 0. The fourth-order valence-electron chi connectivity index (χ4n) is 0.578. The molecule has 0 fully saturated rings. The predicted octanol–water partition coefficient (Wildman–Crippen LogP) is 3.77. The minimum atomic E-state index is -1.46. The van der Waals surface area contributed by atoms with Gasteiger partial charge in [-0.25, -0.2) is 17.6 Å². The molecule has 0 nitrogen and oxygen atoms in total. The molecular formula is C6Br2F4. The van der Waals surface area contributed by atoms with Crippen molar-refractivity contribution in [3.05, 3.63) is 32.2 Å².